The molecular formula is C24H38O4. The van der Waals surface area contributed by atoms with E-state index in [1.54, 1.807) is 0 Å². The van der Waals surface area contributed by atoms with Crippen molar-refractivity contribution in [1.82, 2.24) is 0 Å². The van der Waals surface area contributed by atoms with Crippen molar-refractivity contribution in [3.8, 4) is 0 Å². The summed E-state index contributed by atoms with van der Waals surface area (Å²) in [5.41, 5.74) is 0.401. The van der Waals surface area contributed by atoms with Crippen molar-refractivity contribution in [2.45, 2.75) is 91.1 Å². The molecule has 0 aromatic heterocycles. The van der Waals surface area contributed by atoms with E-state index in [1.165, 1.54) is 6.42 Å². The van der Waals surface area contributed by atoms with E-state index in [1.807, 2.05) is 0 Å². The summed E-state index contributed by atoms with van der Waals surface area (Å²) >= 11 is 0. The molecule has 2 N–H and O–H groups in total. The smallest absolute Gasteiger partial charge is 0.303 e. The van der Waals surface area contributed by atoms with Gasteiger partial charge in [0.05, 0.1) is 6.10 Å². The fourth-order valence-corrected chi connectivity index (χ4v) is 8.44. The molecule has 0 heterocycles. The molecule has 0 aromatic rings. The van der Waals surface area contributed by atoms with E-state index in [4.69, 9.17) is 5.11 Å². The molecule has 158 valence electrons. The van der Waals surface area contributed by atoms with Gasteiger partial charge in [0.2, 0.25) is 0 Å². The maximum Gasteiger partial charge on any atom is 0.303 e. The first-order valence-corrected chi connectivity index (χ1v) is 11.6. The first-order valence-electron chi connectivity index (χ1n) is 11.6. The van der Waals surface area contributed by atoms with Crippen molar-refractivity contribution < 1.29 is 19.8 Å². The van der Waals surface area contributed by atoms with Gasteiger partial charge in [-0.25, -0.2) is 0 Å². The predicted octanol–water partition coefficient (Wildman–Crippen LogP) is 4.69. The standard InChI is InChI=1S/C24H38O4/c1-14(4-7-21(27)28)17-5-6-18-22-19(9-11-24(17,18)3)23(2)10-8-16(25)12-15(23)13-20(22)26/h14-19,22,25H,4-13H2,1-3H3,(H,27,28)/t14-,15?,16-,17-,18?,19?,22?,23?,24?/m1/s1. The fraction of sp³-hybridized carbons (Fsp3) is 0.917. The number of hydrogen-bond donors (Lipinski definition) is 2. The van der Waals surface area contributed by atoms with E-state index in [2.05, 4.69) is 20.8 Å². The number of Topliss-reactive ketones (excluding diaryl/α,β-unsaturated/α-hetero) is 1. The number of ketones is 1. The molecule has 4 fully saturated rings. The summed E-state index contributed by atoms with van der Waals surface area (Å²) in [6.07, 6.45) is 8.81. The summed E-state index contributed by atoms with van der Waals surface area (Å²) in [6, 6.07) is 0. The van der Waals surface area contributed by atoms with Crippen LogP contribution in [-0.4, -0.2) is 28.1 Å². The van der Waals surface area contributed by atoms with Crippen LogP contribution in [0.4, 0.5) is 0 Å². The Labute approximate surface area is 169 Å². The molecule has 4 aliphatic rings. The van der Waals surface area contributed by atoms with Gasteiger partial charge >= 0.3 is 5.97 Å². The first kappa shape index (κ1) is 20.4. The molecule has 0 radical (unpaired) electrons. The Morgan fingerprint density at radius 1 is 1.11 bits per heavy atom. The molecule has 4 aliphatic carbocycles. The van der Waals surface area contributed by atoms with Crippen LogP contribution in [0.1, 0.15) is 85.0 Å². The van der Waals surface area contributed by atoms with Gasteiger partial charge < -0.3 is 10.2 Å². The maximum absolute atomic E-state index is 13.3. The van der Waals surface area contributed by atoms with Crippen LogP contribution in [0, 0.1) is 46.3 Å². The summed E-state index contributed by atoms with van der Waals surface area (Å²) in [5.74, 6) is 2.25. The van der Waals surface area contributed by atoms with Crippen LogP contribution in [0.5, 0.6) is 0 Å². The largest absolute Gasteiger partial charge is 0.481 e. The van der Waals surface area contributed by atoms with Crippen LogP contribution in [0.25, 0.3) is 0 Å². The number of aliphatic carboxylic acids is 1. The van der Waals surface area contributed by atoms with Crippen LogP contribution in [0.2, 0.25) is 0 Å². The zero-order valence-electron chi connectivity index (χ0n) is 17.8. The Morgan fingerprint density at radius 3 is 2.50 bits per heavy atom. The number of carbonyl (C=O) groups excluding carboxylic acids is 1. The molecule has 0 bridgehead atoms. The van der Waals surface area contributed by atoms with Gasteiger partial charge in [-0.3, -0.25) is 9.59 Å². The molecule has 4 saturated carbocycles. The van der Waals surface area contributed by atoms with Gasteiger partial charge in [0.25, 0.3) is 0 Å². The number of aliphatic hydroxyl groups excluding tert-OH is 1. The monoisotopic (exact) mass is 390 g/mol. The topological polar surface area (TPSA) is 74.6 Å². The molecule has 0 spiro atoms. The lowest BCUT2D eigenvalue weighted by molar-refractivity contribution is -0.160. The highest BCUT2D eigenvalue weighted by atomic mass is 16.4. The van der Waals surface area contributed by atoms with Crippen LogP contribution < -0.4 is 0 Å². The maximum atomic E-state index is 13.3. The van der Waals surface area contributed by atoms with Crippen molar-refractivity contribution in [2.24, 2.45) is 46.3 Å². The van der Waals surface area contributed by atoms with Gasteiger partial charge in [-0.05, 0) is 91.8 Å². The third kappa shape index (κ3) is 3.05. The number of carboxylic acid groups (broad SMARTS) is 1. The number of carbonyl (C=O) groups is 2. The number of aliphatic hydroxyl groups is 1. The van der Waals surface area contributed by atoms with Crippen molar-refractivity contribution in [1.29, 1.82) is 0 Å². The molecule has 4 nitrogen and oxygen atoms in total. The average Bonchev–Trinajstić information content (AvgIpc) is 2.98. The van der Waals surface area contributed by atoms with Gasteiger partial charge in [0, 0.05) is 18.8 Å². The van der Waals surface area contributed by atoms with E-state index in [0.29, 0.717) is 41.8 Å². The average molecular weight is 391 g/mol. The number of rotatable bonds is 4. The Balaban J connectivity index is 1.56. The van der Waals surface area contributed by atoms with Crippen molar-refractivity contribution in [3.05, 3.63) is 0 Å². The van der Waals surface area contributed by atoms with E-state index < -0.39 is 5.97 Å². The summed E-state index contributed by atoms with van der Waals surface area (Å²) in [5, 5.41) is 19.3. The fourth-order valence-electron chi connectivity index (χ4n) is 8.44. The minimum absolute atomic E-state index is 0.187. The van der Waals surface area contributed by atoms with Crippen LogP contribution in [0.15, 0.2) is 0 Å². The second kappa shape index (κ2) is 7.11. The second-order valence-electron chi connectivity index (χ2n) is 11.2. The SMILES string of the molecule is C[C@H](CCC(=O)O)[C@H]1CCC2C3C(=O)CC4C[C@H](O)CCC4(C)C3CCC21C. The van der Waals surface area contributed by atoms with Crippen LogP contribution in [-0.2, 0) is 9.59 Å². The summed E-state index contributed by atoms with van der Waals surface area (Å²) in [6.45, 7) is 7.06. The molecular weight excluding hydrogens is 352 g/mol. The lowest BCUT2D eigenvalue weighted by Gasteiger charge is -2.60. The van der Waals surface area contributed by atoms with Gasteiger partial charge in [-0.2, -0.15) is 0 Å². The minimum Gasteiger partial charge on any atom is -0.481 e. The van der Waals surface area contributed by atoms with Crippen molar-refractivity contribution >= 4 is 11.8 Å². The summed E-state index contributed by atoms with van der Waals surface area (Å²) in [7, 11) is 0. The summed E-state index contributed by atoms with van der Waals surface area (Å²) < 4.78 is 0. The van der Waals surface area contributed by atoms with Gasteiger partial charge in [0.15, 0.2) is 0 Å². The van der Waals surface area contributed by atoms with Gasteiger partial charge in [-0.15, -0.1) is 0 Å². The molecule has 28 heavy (non-hydrogen) atoms. The highest BCUT2D eigenvalue weighted by molar-refractivity contribution is 5.83. The molecule has 4 rings (SSSR count). The molecule has 9 atom stereocenters. The highest BCUT2D eigenvalue weighted by Gasteiger charge is 2.62. The van der Waals surface area contributed by atoms with E-state index in [0.717, 1.165) is 44.9 Å². The molecule has 0 amide bonds. The normalized spacial score (nSPS) is 49.1. The molecule has 0 aliphatic heterocycles. The lowest BCUT2D eigenvalue weighted by Crippen LogP contribution is -2.57. The van der Waals surface area contributed by atoms with Crippen LogP contribution >= 0.6 is 0 Å². The quantitative estimate of drug-likeness (QED) is 0.730. The van der Waals surface area contributed by atoms with E-state index >= 15 is 0 Å². The molecule has 4 heteroatoms. The first-order chi connectivity index (χ1) is 13.2. The molecule has 0 saturated heterocycles. The number of fused-ring (bicyclic) bond motifs is 5. The molecule has 0 aromatic carbocycles. The Morgan fingerprint density at radius 2 is 1.79 bits per heavy atom. The van der Waals surface area contributed by atoms with Crippen LogP contribution in [0.3, 0.4) is 0 Å². The predicted molar refractivity (Wildman–Crippen MR) is 108 cm³/mol. The van der Waals surface area contributed by atoms with E-state index in [9.17, 15) is 14.7 Å². The second-order valence-corrected chi connectivity index (χ2v) is 11.2. The third-order valence-corrected chi connectivity index (χ3v) is 10.0. The Hall–Kier alpha value is -0.900. The van der Waals surface area contributed by atoms with Crippen molar-refractivity contribution in [3.63, 3.8) is 0 Å². The van der Waals surface area contributed by atoms with Gasteiger partial charge in [0.1, 0.15) is 5.78 Å². The summed E-state index contributed by atoms with van der Waals surface area (Å²) in [4.78, 5) is 24.4. The lowest BCUT2D eigenvalue weighted by atomic mass is 9.44. The zero-order valence-corrected chi connectivity index (χ0v) is 17.8. The Bertz CT molecular complexity index is 645. The molecule has 6 unspecified atom stereocenters. The zero-order chi connectivity index (χ0) is 20.3. The Kier molecular flexibility index (Phi) is 5.17. The number of hydrogen-bond acceptors (Lipinski definition) is 3. The minimum atomic E-state index is -0.698. The van der Waals surface area contributed by atoms with E-state index in [-0.39, 0.29) is 29.3 Å². The van der Waals surface area contributed by atoms with Crippen molar-refractivity contribution in [2.75, 3.05) is 0 Å². The third-order valence-electron chi connectivity index (χ3n) is 10.0. The van der Waals surface area contributed by atoms with Gasteiger partial charge in [-0.1, -0.05) is 20.8 Å². The number of carboxylic acids is 1. The highest BCUT2D eigenvalue weighted by Crippen LogP contribution is 2.67.